The van der Waals surface area contributed by atoms with Crippen LogP contribution in [-0.2, 0) is 9.78 Å². The highest BCUT2D eigenvalue weighted by Gasteiger charge is 2.13. The molecule has 0 bridgehead atoms. The van der Waals surface area contributed by atoms with Gasteiger partial charge >= 0.3 is 0 Å². The molecule has 0 N–H and O–H groups in total. The fourth-order valence-corrected chi connectivity index (χ4v) is 0.431. The van der Waals surface area contributed by atoms with Crippen molar-refractivity contribution in [1.29, 1.82) is 0 Å². The van der Waals surface area contributed by atoms with Crippen molar-refractivity contribution in [3.63, 3.8) is 0 Å². The molecule has 0 aromatic rings. The summed E-state index contributed by atoms with van der Waals surface area (Å²) in [7, 11) is 0. The van der Waals surface area contributed by atoms with E-state index in [1.54, 1.807) is 6.08 Å². The molecule has 0 saturated carbocycles. The van der Waals surface area contributed by atoms with E-state index in [1.165, 1.54) is 0 Å². The second kappa shape index (κ2) is 5.33. The fraction of sp³-hybridized carbons (Fsp3) is 0.778. The van der Waals surface area contributed by atoms with Crippen LogP contribution in [0.25, 0.3) is 0 Å². The lowest BCUT2D eigenvalue weighted by molar-refractivity contribution is -0.340. The van der Waals surface area contributed by atoms with Gasteiger partial charge in [0.2, 0.25) is 0 Å². The van der Waals surface area contributed by atoms with Crippen LogP contribution in [0.2, 0.25) is 0 Å². The Morgan fingerprint density at radius 1 is 1.45 bits per heavy atom. The molecule has 0 unspecified atom stereocenters. The average molecular weight is 158 g/mol. The molecule has 0 aromatic carbocycles. The minimum absolute atomic E-state index is 0.367. The Morgan fingerprint density at radius 2 is 2.09 bits per heavy atom. The number of hydrogen-bond acceptors (Lipinski definition) is 2. The average Bonchev–Trinajstić information content (AvgIpc) is 1.99. The second-order valence-electron chi connectivity index (χ2n) is 3.07. The largest absolute Gasteiger partial charge is 0.236 e. The third-order valence-electron chi connectivity index (χ3n) is 1.35. The van der Waals surface area contributed by atoms with Crippen LogP contribution in [0.1, 0.15) is 33.6 Å². The van der Waals surface area contributed by atoms with Crippen LogP contribution >= 0.6 is 0 Å². The number of hydrogen-bond donors (Lipinski definition) is 0. The van der Waals surface area contributed by atoms with Gasteiger partial charge in [0.05, 0.1) is 6.61 Å². The molecule has 0 spiro atoms. The highest BCUT2D eigenvalue weighted by molar-refractivity contribution is 4.87. The lowest BCUT2D eigenvalue weighted by Gasteiger charge is -2.18. The summed E-state index contributed by atoms with van der Waals surface area (Å²) in [4.78, 5) is 10.0. The van der Waals surface area contributed by atoms with E-state index in [0.29, 0.717) is 6.61 Å². The van der Waals surface area contributed by atoms with Crippen LogP contribution < -0.4 is 0 Å². The third-order valence-corrected chi connectivity index (χ3v) is 1.35. The van der Waals surface area contributed by atoms with Crippen molar-refractivity contribution < 1.29 is 9.78 Å². The maximum absolute atomic E-state index is 5.06. The fourth-order valence-electron chi connectivity index (χ4n) is 0.431. The molecule has 0 saturated heterocycles. The zero-order chi connectivity index (χ0) is 8.74. The summed E-state index contributed by atoms with van der Waals surface area (Å²) in [6.07, 6.45) is 3.88. The maximum Gasteiger partial charge on any atom is 0.116 e. The monoisotopic (exact) mass is 158 g/mol. The molecule has 0 aliphatic carbocycles. The summed E-state index contributed by atoms with van der Waals surface area (Å²) in [5.41, 5.74) is -0.367. The van der Waals surface area contributed by atoms with Gasteiger partial charge in [0, 0.05) is 0 Å². The Kier molecular flexibility index (Phi) is 5.16. The van der Waals surface area contributed by atoms with Gasteiger partial charge < -0.3 is 0 Å². The van der Waals surface area contributed by atoms with Crippen molar-refractivity contribution in [1.82, 2.24) is 0 Å². The molecule has 0 aliphatic heterocycles. The van der Waals surface area contributed by atoms with Gasteiger partial charge in [-0.2, -0.15) is 0 Å². The standard InChI is InChI=1S/C9H18O2/c1-5-7-8-10-11-9(3,4)6-2/h6H,2,5,7-8H2,1,3-4H3. The van der Waals surface area contributed by atoms with Gasteiger partial charge in [-0.3, -0.25) is 0 Å². The Morgan fingerprint density at radius 3 is 2.55 bits per heavy atom. The number of unbranched alkanes of at least 4 members (excludes halogenated alkanes) is 1. The van der Waals surface area contributed by atoms with Gasteiger partial charge in [-0.1, -0.05) is 19.4 Å². The Hall–Kier alpha value is -0.340. The summed E-state index contributed by atoms with van der Waals surface area (Å²) < 4.78 is 0. The quantitative estimate of drug-likeness (QED) is 0.256. The van der Waals surface area contributed by atoms with Crippen LogP contribution in [0.5, 0.6) is 0 Å². The van der Waals surface area contributed by atoms with Crippen molar-refractivity contribution in [3.05, 3.63) is 12.7 Å². The van der Waals surface area contributed by atoms with Crippen molar-refractivity contribution in [2.45, 2.75) is 39.2 Å². The first-order chi connectivity index (χ1) is 5.12. The van der Waals surface area contributed by atoms with Crippen molar-refractivity contribution in [3.8, 4) is 0 Å². The molecule has 2 nitrogen and oxygen atoms in total. The Balaban J connectivity index is 3.30. The lowest BCUT2D eigenvalue weighted by Crippen LogP contribution is -2.21. The predicted octanol–water partition coefficient (Wildman–Crippen LogP) is 2.70. The van der Waals surface area contributed by atoms with E-state index in [1.807, 2.05) is 13.8 Å². The van der Waals surface area contributed by atoms with E-state index in [-0.39, 0.29) is 5.60 Å². The van der Waals surface area contributed by atoms with Gasteiger partial charge in [0.1, 0.15) is 5.60 Å². The smallest absolute Gasteiger partial charge is 0.116 e. The molecule has 0 aromatic heterocycles. The molecular weight excluding hydrogens is 140 g/mol. The van der Waals surface area contributed by atoms with Crippen LogP contribution in [0.15, 0.2) is 12.7 Å². The van der Waals surface area contributed by atoms with Crippen LogP contribution in [0.3, 0.4) is 0 Å². The normalized spacial score (nSPS) is 11.5. The highest BCUT2D eigenvalue weighted by atomic mass is 17.2. The van der Waals surface area contributed by atoms with Gasteiger partial charge in [-0.25, -0.2) is 9.78 Å². The van der Waals surface area contributed by atoms with E-state index in [9.17, 15) is 0 Å². The summed E-state index contributed by atoms with van der Waals surface area (Å²) in [6.45, 7) is 10.2. The Labute approximate surface area is 69.1 Å². The molecule has 11 heavy (non-hydrogen) atoms. The molecule has 0 atom stereocenters. The number of rotatable bonds is 6. The predicted molar refractivity (Wildman–Crippen MR) is 46.2 cm³/mol. The van der Waals surface area contributed by atoms with Crippen LogP contribution in [0.4, 0.5) is 0 Å². The summed E-state index contributed by atoms with van der Waals surface area (Å²) in [5, 5.41) is 0. The zero-order valence-corrected chi connectivity index (χ0v) is 7.72. The van der Waals surface area contributed by atoms with E-state index in [2.05, 4.69) is 13.5 Å². The zero-order valence-electron chi connectivity index (χ0n) is 7.72. The molecule has 0 aliphatic rings. The highest BCUT2D eigenvalue weighted by Crippen LogP contribution is 2.10. The van der Waals surface area contributed by atoms with E-state index < -0.39 is 0 Å². The molecule has 66 valence electrons. The first kappa shape index (κ1) is 10.7. The molecule has 0 radical (unpaired) electrons. The van der Waals surface area contributed by atoms with Crippen LogP contribution in [-0.4, -0.2) is 12.2 Å². The lowest BCUT2D eigenvalue weighted by atomic mass is 10.1. The third kappa shape index (κ3) is 6.07. The second-order valence-corrected chi connectivity index (χ2v) is 3.07. The molecule has 0 heterocycles. The molecule has 0 fully saturated rings. The first-order valence-electron chi connectivity index (χ1n) is 4.06. The first-order valence-corrected chi connectivity index (χ1v) is 4.06. The minimum Gasteiger partial charge on any atom is -0.236 e. The summed E-state index contributed by atoms with van der Waals surface area (Å²) in [6, 6.07) is 0. The van der Waals surface area contributed by atoms with Gasteiger partial charge in [0.15, 0.2) is 0 Å². The van der Waals surface area contributed by atoms with E-state index in [0.717, 1.165) is 12.8 Å². The maximum atomic E-state index is 5.06. The van der Waals surface area contributed by atoms with Crippen molar-refractivity contribution in [2.75, 3.05) is 6.61 Å². The van der Waals surface area contributed by atoms with E-state index in [4.69, 9.17) is 9.78 Å². The molecule has 2 heteroatoms. The molecular formula is C9H18O2. The van der Waals surface area contributed by atoms with Gasteiger partial charge in [-0.15, -0.1) is 6.58 Å². The summed E-state index contributed by atoms with van der Waals surface area (Å²) >= 11 is 0. The van der Waals surface area contributed by atoms with Crippen LogP contribution in [0, 0.1) is 0 Å². The van der Waals surface area contributed by atoms with Crippen molar-refractivity contribution in [2.24, 2.45) is 0 Å². The SMILES string of the molecule is C=CC(C)(C)OOCCCC. The van der Waals surface area contributed by atoms with Gasteiger partial charge in [-0.05, 0) is 20.3 Å². The van der Waals surface area contributed by atoms with Crippen molar-refractivity contribution >= 4 is 0 Å². The minimum atomic E-state index is -0.367. The summed E-state index contributed by atoms with van der Waals surface area (Å²) in [5.74, 6) is 0. The molecule has 0 amide bonds. The van der Waals surface area contributed by atoms with Gasteiger partial charge in [0.25, 0.3) is 0 Å². The molecule has 0 rings (SSSR count). The topological polar surface area (TPSA) is 18.5 Å². The Bertz CT molecular complexity index is 108. The van der Waals surface area contributed by atoms with E-state index >= 15 is 0 Å².